The molecule has 1 fully saturated rings. The Balaban J connectivity index is 0.00000128. The minimum atomic E-state index is 0. The van der Waals surface area contributed by atoms with Crippen LogP contribution in [0.2, 0.25) is 0 Å². The van der Waals surface area contributed by atoms with Crippen LogP contribution in [0.25, 0.3) is 0 Å². The number of carbonyl (C=O) groups is 1. The van der Waals surface area contributed by atoms with Gasteiger partial charge in [0.15, 0.2) is 0 Å². The van der Waals surface area contributed by atoms with Crippen molar-refractivity contribution >= 4 is 34.8 Å². The summed E-state index contributed by atoms with van der Waals surface area (Å²) < 4.78 is 0. The predicted molar refractivity (Wildman–Crippen MR) is 66.1 cm³/mol. The molecule has 1 saturated heterocycles. The lowest BCUT2D eigenvalue weighted by Gasteiger charge is -2.20. The first-order valence-electron chi connectivity index (χ1n) is 5.07. The molecule has 90 valence electrons. The molecule has 2 N–H and O–H groups in total. The second-order valence-corrected chi connectivity index (χ2v) is 4.84. The Bertz CT molecular complexity index is 351. The SMILES string of the molecule is Cc1nnc(NC(=O)[C@@H]2CCCNC2)s1.Cl. The van der Waals surface area contributed by atoms with E-state index < -0.39 is 0 Å². The Labute approximate surface area is 104 Å². The lowest BCUT2D eigenvalue weighted by atomic mass is 9.99. The van der Waals surface area contributed by atoms with Gasteiger partial charge in [-0.25, -0.2) is 0 Å². The van der Waals surface area contributed by atoms with Gasteiger partial charge in [-0.2, -0.15) is 0 Å². The molecule has 0 saturated carbocycles. The minimum absolute atomic E-state index is 0. The molecule has 2 rings (SSSR count). The second kappa shape index (κ2) is 6.12. The summed E-state index contributed by atoms with van der Waals surface area (Å²) in [5.41, 5.74) is 0. The number of nitrogens with zero attached hydrogens (tertiary/aromatic N) is 2. The van der Waals surface area contributed by atoms with Crippen molar-refractivity contribution in [3.8, 4) is 0 Å². The zero-order valence-electron chi connectivity index (χ0n) is 9.02. The molecule has 1 aromatic heterocycles. The van der Waals surface area contributed by atoms with Gasteiger partial charge in [-0.15, -0.1) is 22.6 Å². The molecule has 1 aromatic rings. The lowest BCUT2D eigenvalue weighted by molar-refractivity contribution is -0.120. The Kier molecular flexibility index (Phi) is 5.11. The quantitative estimate of drug-likeness (QED) is 0.841. The number of piperidine rings is 1. The Morgan fingerprint density at radius 2 is 2.38 bits per heavy atom. The zero-order chi connectivity index (χ0) is 10.7. The van der Waals surface area contributed by atoms with Crippen molar-refractivity contribution in [1.82, 2.24) is 15.5 Å². The lowest BCUT2D eigenvalue weighted by Crippen LogP contribution is -2.37. The summed E-state index contributed by atoms with van der Waals surface area (Å²) in [7, 11) is 0. The van der Waals surface area contributed by atoms with Crippen molar-refractivity contribution in [3.05, 3.63) is 5.01 Å². The van der Waals surface area contributed by atoms with Crippen molar-refractivity contribution in [1.29, 1.82) is 0 Å². The molecule has 0 aromatic carbocycles. The Morgan fingerprint density at radius 1 is 1.56 bits per heavy atom. The van der Waals surface area contributed by atoms with E-state index in [9.17, 15) is 4.79 Å². The number of nitrogens with one attached hydrogen (secondary N) is 2. The molecule has 1 aliphatic rings. The third kappa shape index (κ3) is 3.40. The monoisotopic (exact) mass is 262 g/mol. The molecule has 16 heavy (non-hydrogen) atoms. The predicted octanol–water partition coefficient (Wildman–Crippen LogP) is 1.21. The van der Waals surface area contributed by atoms with E-state index in [4.69, 9.17) is 0 Å². The highest BCUT2D eigenvalue weighted by Gasteiger charge is 2.21. The molecule has 7 heteroatoms. The van der Waals surface area contributed by atoms with Crippen molar-refractivity contribution in [2.45, 2.75) is 19.8 Å². The number of halogens is 1. The van der Waals surface area contributed by atoms with Crippen LogP contribution in [0.1, 0.15) is 17.8 Å². The van der Waals surface area contributed by atoms with Crippen molar-refractivity contribution in [3.63, 3.8) is 0 Å². The van der Waals surface area contributed by atoms with Gasteiger partial charge in [0.25, 0.3) is 0 Å². The molecule has 0 bridgehead atoms. The third-order valence-corrected chi connectivity index (χ3v) is 3.18. The van der Waals surface area contributed by atoms with E-state index in [1.54, 1.807) is 0 Å². The molecular weight excluding hydrogens is 248 g/mol. The van der Waals surface area contributed by atoms with Gasteiger partial charge >= 0.3 is 0 Å². The average molecular weight is 263 g/mol. The molecule has 1 atom stereocenters. The van der Waals surface area contributed by atoms with Crippen LogP contribution in [0.3, 0.4) is 0 Å². The van der Waals surface area contributed by atoms with Gasteiger partial charge in [0, 0.05) is 6.54 Å². The molecular formula is C9H15ClN4OS. The first-order chi connectivity index (χ1) is 7.25. The second-order valence-electron chi connectivity index (χ2n) is 3.66. The first kappa shape index (κ1) is 13.3. The fraction of sp³-hybridized carbons (Fsp3) is 0.667. The number of hydrogen-bond donors (Lipinski definition) is 2. The maximum absolute atomic E-state index is 11.8. The first-order valence-corrected chi connectivity index (χ1v) is 5.89. The van der Waals surface area contributed by atoms with Gasteiger partial charge in [0.05, 0.1) is 5.92 Å². The zero-order valence-corrected chi connectivity index (χ0v) is 10.7. The summed E-state index contributed by atoms with van der Waals surface area (Å²) in [5.74, 6) is 0.126. The van der Waals surface area contributed by atoms with E-state index in [-0.39, 0.29) is 24.2 Å². The summed E-state index contributed by atoms with van der Waals surface area (Å²) in [5, 5.41) is 15.2. The van der Waals surface area contributed by atoms with Crippen LogP contribution < -0.4 is 10.6 Å². The average Bonchev–Trinajstić information content (AvgIpc) is 2.65. The van der Waals surface area contributed by atoms with E-state index in [1.165, 1.54) is 11.3 Å². The van der Waals surface area contributed by atoms with Crippen LogP contribution >= 0.6 is 23.7 Å². The van der Waals surface area contributed by atoms with Gasteiger partial charge < -0.3 is 10.6 Å². The molecule has 5 nitrogen and oxygen atoms in total. The topological polar surface area (TPSA) is 66.9 Å². The summed E-state index contributed by atoms with van der Waals surface area (Å²) in [4.78, 5) is 11.8. The summed E-state index contributed by atoms with van der Waals surface area (Å²) >= 11 is 1.41. The van der Waals surface area contributed by atoms with E-state index in [2.05, 4.69) is 20.8 Å². The highest BCUT2D eigenvalue weighted by Crippen LogP contribution is 2.17. The van der Waals surface area contributed by atoms with Gasteiger partial charge in [-0.05, 0) is 26.3 Å². The van der Waals surface area contributed by atoms with E-state index in [1.807, 2.05) is 6.92 Å². The highest BCUT2D eigenvalue weighted by atomic mass is 35.5. The fourth-order valence-corrected chi connectivity index (χ4v) is 2.22. The summed E-state index contributed by atoms with van der Waals surface area (Å²) in [6.45, 7) is 3.65. The Hall–Kier alpha value is -0.720. The van der Waals surface area contributed by atoms with Gasteiger partial charge in [-0.3, -0.25) is 4.79 Å². The fourth-order valence-electron chi connectivity index (χ4n) is 1.63. The molecule has 0 aliphatic carbocycles. The van der Waals surface area contributed by atoms with Crippen molar-refractivity contribution in [2.24, 2.45) is 5.92 Å². The van der Waals surface area contributed by atoms with Gasteiger partial charge in [-0.1, -0.05) is 11.3 Å². The normalized spacial score (nSPS) is 19.9. The molecule has 1 amide bonds. The number of carbonyl (C=O) groups excluding carboxylic acids is 1. The molecule has 1 aliphatic heterocycles. The van der Waals surface area contributed by atoms with Crippen LogP contribution in [0.4, 0.5) is 5.13 Å². The summed E-state index contributed by atoms with van der Waals surface area (Å²) in [6.07, 6.45) is 2.02. The van der Waals surface area contributed by atoms with E-state index in [0.717, 1.165) is 30.9 Å². The number of rotatable bonds is 2. The number of aromatic nitrogens is 2. The number of aryl methyl sites for hydroxylation is 1. The largest absolute Gasteiger partial charge is 0.316 e. The van der Waals surface area contributed by atoms with Crippen LogP contribution in [0.15, 0.2) is 0 Å². The number of anilines is 1. The van der Waals surface area contributed by atoms with Crippen LogP contribution in [-0.4, -0.2) is 29.2 Å². The van der Waals surface area contributed by atoms with Crippen molar-refractivity contribution in [2.75, 3.05) is 18.4 Å². The standard InChI is InChI=1S/C9H14N4OS.ClH/c1-6-12-13-9(15-6)11-8(14)7-3-2-4-10-5-7;/h7,10H,2-5H2,1H3,(H,11,13,14);1H/t7-;/m1./s1. The van der Waals surface area contributed by atoms with Crippen LogP contribution in [-0.2, 0) is 4.79 Å². The molecule has 2 heterocycles. The van der Waals surface area contributed by atoms with E-state index >= 15 is 0 Å². The number of hydrogen-bond acceptors (Lipinski definition) is 5. The maximum Gasteiger partial charge on any atom is 0.230 e. The van der Waals surface area contributed by atoms with Crippen molar-refractivity contribution < 1.29 is 4.79 Å². The van der Waals surface area contributed by atoms with Gasteiger partial charge in [0.1, 0.15) is 5.01 Å². The highest BCUT2D eigenvalue weighted by molar-refractivity contribution is 7.15. The number of amides is 1. The summed E-state index contributed by atoms with van der Waals surface area (Å²) in [6, 6.07) is 0. The minimum Gasteiger partial charge on any atom is -0.316 e. The third-order valence-electron chi connectivity index (χ3n) is 2.42. The smallest absolute Gasteiger partial charge is 0.230 e. The van der Waals surface area contributed by atoms with Crippen LogP contribution in [0, 0.1) is 12.8 Å². The van der Waals surface area contributed by atoms with Gasteiger partial charge in [0.2, 0.25) is 11.0 Å². The molecule has 0 spiro atoms. The molecule has 0 unspecified atom stereocenters. The van der Waals surface area contributed by atoms with E-state index in [0.29, 0.717) is 5.13 Å². The van der Waals surface area contributed by atoms with Crippen LogP contribution in [0.5, 0.6) is 0 Å². The maximum atomic E-state index is 11.8. The Morgan fingerprint density at radius 3 is 2.94 bits per heavy atom. The molecule has 0 radical (unpaired) electrons.